The van der Waals surface area contributed by atoms with Crippen molar-refractivity contribution < 1.29 is 19.1 Å². The number of amides is 2. The van der Waals surface area contributed by atoms with Crippen LogP contribution >= 0.6 is 0 Å². The van der Waals surface area contributed by atoms with E-state index >= 15 is 0 Å². The van der Waals surface area contributed by atoms with Gasteiger partial charge in [0, 0.05) is 31.2 Å². The first kappa shape index (κ1) is 12.2. The van der Waals surface area contributed by atoms with Crippen molar-refractivity contribution in [3.63, 3.8) is 0 Å². The largest absolute Gasteiger partial charge is 0.459 e. The molecule has 0 N–H and O–H groups in total. The van der Waals surface area contributed by atoms with Gasteiger partial charge in [-0.2, -0.15) is 0 Å². The van der Waals surface area contributed by atoms with Crippen molar-refractivity contribution in [2.24, 2.45) is 0 Å². The summed E-state index contributed by atoms with van der Waals surface area (Å²) >= 11 is 0. The topological polar surface area (TPSA) is 63.7 Å². The highest BCUT2D eigenvalue weighted by Gasteiger charge is 2.23. The zero-order chi connectivity index (χ0) is 12.1. The molecule has 1 aliphatic rings. The molecule has 1 atom stereocenters. The summed E-state index contributed by atoms with van der Waals surface area (Å²) in [5.74, 6) is -1.16. The first-order chi connectivity index (χ1) is 7.54. The van der Waals surface area contributed by atoms with Gasteiger partial charge in [-0.25, -0.2) is 4.79 Å². The summed E-state index contributed by atoms with van der Waals surface area (Å²) in [7, 11) is 0. The van der Waals surface area contributed by atoms with Gasteiger partial charge >= 0.3 is 5.97 Å². The van der Waals surface area contributed by atoms with Gasteiger partial charge in [-0.3, -0.25) is 14.5 Å². The highest BCUT2D eigenvalue weighted by molar-refractivity contribution is 6.12. The van der Waals surface area contributed by atoms with E-state index in [2.05, 4.69) is 6.58 Å². The molecule has 5 heteroatoms. The molecule has 16 heavy (non-hydrogen) atoms. The smallest absolute Gasteiger partial charge is 0.330 e. The van der Waals surface area contributed by atoms with E-state index in [-0.39, 0.29) is 24.5 Å². The van der Waals surface area contributed by atoms with Crippen LogP contribution in [0.2, 0.25) is 0 Å². The molecule has 86 valence electrons. The second-order valence-corrected chi connectivity index (χ2v) is 3.40. The molecule has 2 amide bonds. The third-order valence-corrected chi connectivity index (χ3v) is 2.14. The Morgan fingerprint density at radius 3 is 2.56 bits per heavy atom. The molecule has 0 saturated heterocycles. The molecule has 0 aliphatic carbocycles. The van der Waals surface area contributed by atoms with E-state index < -0.39 is 5.97 Å². The summed E-state index contributed by atoms with van der Waals surface area (Å²) in [6.07, 6.45) is 3.58. The molecule has 1 heterocycles. The van der Waals surface area contributed by atoms with Crippen LogP contribution in [0.1, 0.15) is 13.3 Å². The number of carbonyl (C=O) groups is 3. The fourth-order valence-corrected chi connectivity index (χ4v) is 1.27. The number of nitrogens with zero attached hydrogens (tertiary/aromatic N) is 1. The Hall–Kier alpha value is -1.91. The first-order valence-corrected chi connectivity index (χ1v) is 4.91. The van der Waals surface area contributed by atoms with Crippen LogP contribution < -0.4 is 0 Å². The molecule has 0 radical (unpaired) electrons. The zero-order valence-electron chi connectivity index (χ0n) is 9.01. The molecule has 1 aliphatic heterocycles. The lowest BCUT2D eigenvalue weighted by atomic mass is 10.2. The van der Waals surface area contributed by atoms with Gasteiger partial charge in [-0.15, -0.1) is 0 Å². The molecule has 0 bridgehead atoms. The lowest BCUT2D eigenvalue weighted by Gasteiger charge is -2.17. The lowest BCUT2D eigenvalue weighted by molar-refractivity contribution is -0.142. The van der Waals surface area contributed by atoms with E-state index in [1.807, 2.05) is 0 Å². The fraction of sp³-hybridized carbons (Fsp3) is 0.364. The van der Waals surface area contributed by atoms with E-state index in [0.717, 1.165) is 11.0 Å². The van der Waals surface area contributed by atoms with Crippen LogP contribution in [0.25, 0.3) is 0 Å². The van der Waals surface area contributed by atoms with Gasteiger partial charge in [0.1, 0.15) is 6.10 Å². The van der Waals surface area contributed by atoms with Crippen molar-refractivity contribution in [2.75, 3.05) is 6.54 Å². The summed E-state index contributed by atoms with van der Waals surface area (Å²) in [5, 5.41) is 0. The van der Waals surface area contributed by atoms with Gasteiger partial charge in [-0.05, 0) is 6.92 Å². The van der Waals surface area contributed by atoms with Gasteiger partial charge in [0.25, 0.3) is 11.8 Å². The third-order valence-electron chi connectivity index (χ3n) is 2.14. The fourth-order valence-electron chi connectivity index (χ4n) is 1.27. The Morgan fingerprint density at radius 1 is 1.50 bits per heavy atom. The highest BCUT2D eigenvalue weighted by Crippen LogP contribution is 2.07. The minimum atomic E-state index is -0.510. The van der Waals surface area contributed by atoms with Crippen molar-refractivity contribution >= 4 is 17.8 Å². The Bertz CT molecular complexity index is 341. The highest BCUT2D eigenvalue weighted by atomic mass is 16.5. The number of hydrogen-bond acceptors (Lipinski definition) is 4. The monoisotopic (exact) mass is 223 g/mol. The summed E-state index contributed by atoms with van der Waals surface area (Å²) < 4.78 is 4.90. The van der Waals surface area contributed by atoms with Crippen molar-refractivity contribution in [3.8, 4) is 0 Å². The van der Waals surface area contributed by atoms with Crippen LogP contribution in [-0.2, 0) is 19.1 Å². The molecular formula is C11H13NO4. The summed E-state index contributed by atoms with van der Waals surface area (Å²) in [6, 6.07) is 0. The van der Waals surface area contributed by atoms with Crippen molar-refractivity contribution in [3.05, 3.63) is 24.8 Å². The summed E-state index contributed by atoms with van der Waals surface area (Å²) in [5.41, 5.74) is 0. The van der Waals surface area contributed by atoms with E-state index in [1.165, 1.54) is 12.2 Å². The number of esters is 1. The van der Waals surface area contributed by atoms with Crippen LogP contribution in [0.3, 0.4) is 0 Å². The van der Waals surface area contributed by atoms with E-state index in [0.29, 0.717) is 6.42 Å². The molecule has 1 rings (SSSR count). The molecule has 0 spiro atoms. The van der Waals surface area contributed by atoms with Gasteiger partial charge in [0.05, 0.1) is 0 Å². The Kier molecular flexibility index (Phi) is 3.99. The molecular weight excluding hydrogens is 210 g/mol. The summed E-state index contributed by atoms with van der Waals surface area (Å²) in [6.45, 7) is 5.21. The molecule has 0 aromatic heterocycles. The standard InChI is InChI=1S/C11H13NO4/c1-3-11(15)16-8(2)6-7-12-9(13)4-5-10(12)14/h3-5,8H,1,6-7H2,2H3. The van der Waals surface area contributed by atoms with E-state index in [4.69, 9.17) is 4.74 Å². The quantitative estimate of drug-likeness (QED) is 0.385. The van der Waals surface area contributed by atoms with Crippen molar-refractivity contribution in [2.45, 2.75) is 19.4 Å². The minimum Gasteiger partial charge on any atom is -0.459 e. The normalized spacial score (nSPS) is 16.4. The number of imide groups is 1. The number of carbonyl (C=O) groups excluding carboxylic acids is 3. The van der Waals surface area contributed by atoms with Crippen LogP contribution in [0.4, 0.5) is 0 Å². The van der Waals surface area contributed by atoms with Gasteiger partial charge in [0.15, 0.2) is 0 Å². The van der Waals surface area contributed by atoms with Crippen LogP contribution in [0.5, 0.6) is 0 Å². The molecule has 0 saturated carbocycles. The average molecular weight is 223 g/mol. The Balaban J connectivity index is 2.34. The molecule has 0 aromatic carbocycles. The van der Waals surface area contributed by atoms with Gasteiger partial charge < -0.3 is 4.74 Å². The molecule has 5 nitrogen and oxygen atoms in total. The van der Waals surface area contributed by atoms with Gasteiger partial charge in [-0.1, -0.05) is 6.58 Å². The lowest BCUT2D eigenvalue weighted by Crippen LogP contribution is -2.33. The van der Waals surface area contributed by atoms with E-state index in [9.17, 15) is 14.4 Å². The maximum absolute atomic E-state index is 11.2. The van der Waals surface area contributed by atoms with Crippen LogP contribution in [0.15, 0.2) is 24.8 Å². The van der Waals surface area contributed by atoms with Crippen LogP contribution in [0, 0.1) is 0 Å². The van der Waals surface area contributed by atoms with E-state index in [1.54, 1.807) is 6.92 Å². The third kappa shape index (κ3) is 3.05. The first-order valence-electron chi connectivity index (χ1n) is 4.91. The predicted molar refractivity (Wildman–Crippen MR) is 56.2 cm³/mol. The molecule has 0 aromatic rings. The SMILES string of the molecule is C=CC(=O)OC(C)CCN1C(=O)C=CC1=O. The maximum atomic E-state index is 11.2. The minimum absolute atomic E-state index is 0.246. The average Bonchev–Trinajstić information content (AvgIpc) is 2.56. The number of rotatable bonds is 5. The Labute approximate surface area is 93.4 Å². The zero-order valence-corrected chi connectivity index (χ0v) is 9.01. The Morgan fingerprint density at radius 2 is 2.06 bits per heavy atom. The molecule has 0 fully saturated rings. The number of hydrogen-bond donors (Lipinski definition) is 0. The second kappa shape index (κ2) is 5.25. The van der Waals surface area contributed by atoms with Crippen molar-refractivity contribution in [1.82, 2.24) is 4.90 Å². The predicted octanol–water partition coefficient (Wildman–Crippen LogP) is 0.419. The van der Waals surface area contributed by atoms with Gasteiger partial charge in [0.2, 0.25) is 0 Å². The second-order valence-electron chi connectivity index (χ2n) is 3.40. The summed E-state index contributed by atoms with van der Waals surface area (Å²) in [4.78, 5) is 34.3. The van der Waals surface area contributed by atoms with Crippen LogP contribution in [-0.4, -0.2) is 35.3 Å². The van der Waals surface area contributed by atoms with Crippen molar-refractivity contribution in [1.29, 1.82) is 0 Å². The molecule has 1 unspecified atom stereocenters. The number of ether oxygens (including phenoxy) is 1. The maximum Gasteiger partial charge on any atom is 0.330 e.